The zero-order valence-electron chi connectivity index (χ0n) is 10.6. The maximum atomic E-state index is 4.18. The Hall–Kier alpha value is -0.830. The van der Waals surface area contributed by atoms with Crippen LogP contribution in [0.1, 0.15) is 32.3 Å². The fourth-order valence-electron chi connectivity index (χ4n) is 2.66. The maximum absolute atomic E-state index is 4.18. The molecule has 2 rings (SSSR count). The Morgan fingerprint density at radius 3 is 2.81 bits per heavy atom. The fourth-order valence-corrected chi connectivity index (χ4v) is 2.66. The highest BCUT2D eigenvalue weighted by Gasteiger charge is 2.28. The third kappa shape index (κ3) is 2.64. The summed E-state index contributed by atoms with van der Waals surface area (Å²) in [7, 11) is 1.97. The molecule has 3 atom stereocenters. The third-order valence-electron chi connectivity index (χ3n) is 4.04. The van der Waals surface area contributed by atoms with Gasteiger partial charge in [-0.05, 0) is 43.2 Å². The van der Waals surface area contributed by atoms with Crippen molar-refractivity contribution < 1.29 is 0 Å². The van der Waals surface area contributed by atoms with Gasteiger partial charge in [0, 0.05) is 19.3 Å². The Bertz CT molecular complexity index is 332. The molecule has 3 nitrogen and oxygen atoms in total. The van der Waals surface area contributed by atoms with Crippen molar-refractivity contribution in [3.63, 3.8) is 0 Å². The molecule has 0 radical (unpaired) electrons. The lowest BCUT2D eigenvalue weighted by Gasteiger charge is -2.19. The SMILES string of the molecule is CC1CCC(NCCc2cnn(C)c2)C1C. The first kappa shape index (κ1) is 11.6. The minimum absolute atomic E-state index is 0.728. The van der Waals surface area contributed by atoms with Gasteiger partial charge in [0.15, 0.2) is 0 Å². The number of nitrogens with one attached hydrogen (secondary N) is 1. The highest BCUT2D eigenvalue weighted by atomic mass is 15.2. The second-order valence-corrected chi connectivity index (χ2v) is 5.25. The van der Waals surface area contributed by atoms with Crippen LogP contribution in [0, 0.1) is 11.8 Å². The van der Waals surface area contributed by atoms with Crippen molar-refractivity contribution in [3.05, 3.63) is 18.0 Å². The molecule has 90 valence electrons. The van der Waals surface area contributed by atoms with Crippen LogP contribution < -0.4 is 5.32 Å². The molecule has 1 N–H and O–H groups in total. The molecule has 0 saturated heterocycles. The molecule has 3 unspecified atom stereocenters. The van der Waals surface area contributed by atoms with Crippen LogP contribution >= 0.6 is 0 Å². The van der Waals surface area contributed by atoms with E-state index in [1.165, 1.54) is 18.4 Å². The summed E-state index contributed by atoms with van der Waals surface area (Å²) in [5, 5.41) is 7.87. The molecule has 1 aliphatic rings. The molecule has 1 aliphatic carbocycles. The van der Waals surface area contributed by atoms with Gasteiger partial charge in [-0.3, -0.25) is 4.68 Å². The van der Waals surface area contributed by atoms with Gasteiger partial charge in [0.1, 0.15) is 0 Å². The van der Waals surface area contributed by atoms with Crippen molar-refractivity contribution in [1.29, 1.82) is 0 Å². The molecule has 3 heteroatoms. The average Bonchev–Trinajstić information content (AvgIpc) is 2.79. The maximum Gasteiger partial charge on any atom is 0.0522 e. The molecule has 0 aromatic carbocycles. The van der Waals surface area contributed by atoms with Gasteiger partial charge in [-0.15, -0.1) is 0 Å². The molecular formula is C13H23N3. The monoisotopic (exact) mass is 221 g/mol. The Kier molecular flexibility index (Phi) is 3.64. The van der Waals surface area contributed by atoms with Crippen LogP contribution in [0.2, 0.25) is 0 Å². The van der Waals surface area contributed by atoms with E-state index < -0.39 is 0 Å². The summed E-state index contributed by atoms with van der Waals surface area (Å²) in [4.78, 5) is 0. The van der Waals surface area contributed by atoms with E-state index in [-0.39, 0.29) is 0 Å². The van der Waals surface area contributed by atoms with Crippen molar-refractivity contribution in [3.8, 4) is 0 Å². The van der Waals surface area contributed by atoms with Crippen molar-refractivity contribution in [2.45, 2.75) is 39.2 Å². The van der Waals surface area contributed by atoms with Gasteiger partial charge in [-0.1, -0.05) is 13.8 Å². The van der Waals surface area contributed by atoms with Gasteiger partial charge in [-0.2, -0.15) is 5.10 Å². The van der Waals surface area contributed by atoms with Crippen LogP contribution in [0.25, 0.3) is 0 Å². The Labute approximate surface area is 98.2 Å². The summed E-state index contributed by atoms with van der Waals surface area (Å²) in [6.07, 6.45) is 7.87. The number of rotatable bonds is 4. The van der Waals surface area contributed by atoms with Gasteiger partial charge in [0.05, 0.1) is 6.20 Å². The molecule has 1 aromatic rings. The van der Waals surface area contributed by atoms with Gasteiger partial charge in [0.25, 0.3) is 0 Å². The largest absolute Gasteiger partial charge is 0.313 e. The number of nitrogens with zero attached hydrogens (tertiary/aromatic N) is 2. The smallest absolute Gasteiger partial charge is 0.0522 e. The molecular weight excluding hydrogens is 198 g/mol. The van der Waals surface area contributed by atoms with Crippen molar-refractivity contribution in [2.24, 2.45) is 18.9 Å². The average molecular weight is 221 g/mol. The van der Waals surface area contributed by atoms with E-state index in [9.17, 15) is 0 Å². The van der Waals surface area contributed by atoms with Gasteiger partial charge in [0.2, 0.25) is 0 Å². The predicted octanol–water partition coefficient (Wildman–Crippen LogP) is 1.99. The Balaban J connectivity index is 1.72. The number of aromatic nitrogens is 2. The lowest BCUT2D eigenvalue weighted by atomic mass is 9.98. The van der Waals surface area contributed by atoms with E-state index >= 15 is 0 Å². The zero-order chi connectivity index (χ0) is 11.5. The standard InChI is InChI=1S/C13H23N3/c1-10-4-5-13(11(10)2)14-7-6-12-8-15-16(3)9-12/h8-11,13-14H,4-7H2,1-3H3. The summed E-state index contributed by atoms with van der Waals surface area (Å²) in [5.74, 6) is 1.71. The summed E-state index contributed by atoms with van der Waals surface area (Å²) in [6.45, 7) is 5.82. The van der Waals surface area contributed by atoms with E-state index in [1.807, 2.05) is 17.9 Å². The summed E-state index contributed by atoms with van der Waals surface area (Å²) >= 11 is 0. The number of hydrogen-bond acceptors (Lipinski definition) is 2. The molecule has 0 aliphatic heterocycles. The van der Waals surface area contributed by atoms with Crippen LogP contribution in [0.4, 0.5) is 0 Å². The fraction of sp³-hybridized carbons (Fsp3) is 0.769. The van der Waals surface area contributed by atoms with Crippen molar-refractivity contribution in [1.82, 2.24) is 15.1 Å². The Morgan fingerprint density at radius 2 is 2.25 bits per heavy atom. The first-order valence-corrected chi connectivity index (χ1v) is 6.37. The third-order valence-corrected chi connectivity index (χ3v) is 4.04. The quantitative estimate of drug-likeness (QED) is 0.842. The molecule has 16 heavy (non-hydrogen) atoms. The minimum Gasteiger partial charge on any atom is -0.313 e. The van der Waals surface area contributed by atoms with Gasteiger partial charge < -0.3 is 5.32 Å². The van der Waals surface area contributed by atoms with E-state index in [1.54, 1.807) is 0 Å². The van der Waals surface area contributed by atoms with E-state index in [4.69, 9.17) is 0 Å². The van der Waals surface area contributed by atoms with Crippen molar-refractivity contribution in [2.75, 3.05) is 6.54 Å². The molecule has 0 spiro atoms. The molecule has 0 bridgehead atoms. The van der Waals surface area contributed by atoms with Crippen LogP contribution in [0.5, 0.6) is 0 Å². The van der Waals surface area contributed by atoms with E-state index in [0.717, 1.165) is 30.8 Å². The van der Waals surface area contributed by atoms with Gasteiger partial charge >= 0.3 is 0 Å². The van der Waals surface area contributed by atoms with Crippen LogP contribution in [0.3, 0.4) is 0 Å². The number of aryl methyl sites for hydroxylation is 1. The normalized spacial score (nSPS) is 29.8. The topological polar surface area (TPSA) is 29.9 Å². The van der Waals surface area contributed by atoms with E-state index in [2.05, 4.69) is 30.5 Å². The second kappa shape index (κ2) is 5.00. The van der Waals surface area contributed by atoms with E-state index in [0.29, 0.717) is 0 Å². The minimum atomic E-state index is 0.728. The Morgan fingerprint density at radius 1 is 1.44 bits per heavy atom. The number of hydrogen-bond donors (Lipinski definition) is 1. The first-order valence-electron chi connectivity index (χ1n) is 6.37. The molecule has 1 aromatic heterocycles. The lowest BCUT2D eigenvalue weighted by molar-refractivity contribution is 0.372. The summed E-state index contributed by atoms with van der Waals surface area (Å²) < 4.78 is 1.87. The molecule has 1 heterocycles. The summed E-state index contributed by atoms with van der Waals surface area (Å²) in [5.41, 5.74) is 1.33. The highest BCUT2D eigenvalue weighted by molar-refractivity contribution is 5.04. The zero-order valence-corrected chi connectivity index (χ0v) is 10.6. The predicted molar refractivity (Wildman–Crippen MR) is 66.3 cm³/mol. The highest BCUT2D eigenvalue weighted by Crippen LogP contribution is 2.30. The van der Waals surface area contributed by atoms with Crippen LogP contribution in [-0.2, 0) is 13.5 Å². The van der Waals surface area contributed by atoms with Crippen LogP contribution in [0.15, 0.2) is 12.4 Å². The first-order chi connectivity index (χ1) is 7.66. The van der Waals surface area contributed by atoms with Crippen LogP contribution in [-0.4, -0.2) is 22.4 Å². The second-order valence-electron chi connectivity index (χ2n) is 5.25. The molecule has 1 saturated carbocycles. The summed E-state index contributed by atoms with van der Waals surface area (Å²) in [6, 6.07) is 0.728. The lowest BCUT2D eigenvalue weighted by Crippen LogP contribution is -2.33. The molecule has 0 amide bonds. The molecule has 1 fully saturated rings. The van der Waals surface area contributed by atoms with Crippen molar-refractivity contribution >= 4 is 0 Å². The van der Waals surface area contributed by atoms with Gasteiger partial charge in [-0.25, -0.2) is 0 Å².